The van der Waals surface area contributed by atoms with Gasteiger partial charge in [-0.05, 0) is 44.2 Å². The van der Waals surface area contributed by atoms with E-state index in [-0.39, 0.29) is 5.91 Å². The number of aromatic nitrogens is 5. The minimum atomic E-state index is -0.208. The van der Waals surface area contributed by atoms with E-state index in [0.29, 0.717) is 16.9 Å². The summed E-state index contributed by atoms with van der Waals surface area (Å²) in [6.07, 6.45) is 1.75. The molecule has 2 aromatic carbocycles. The van der Waals surface area contributed by atoms with Crippen molar-refractivity contribution in [1.29, 1.82) is 0 Å². The fourth-order valence-electron chi connectivity index (χ4n) is 3.93. The van der Waals surface area contributed by atoms with Crippen LogP contribution in [0.3, 0.4) is 0 Å². The predicted octanol–water partition coefficient (Wildman–Crippen LogP) is 4.69. The summed E-state index contributed by atoms with van der Waals surface area (Å²) in [4.78, 5) is 18.2. The van der Waals surface area contributed by atoms with Gasteiger partial charge in [-0.3, -0.25) is 9.48 Å². The number of hydrogen-bond acceptors (Lipinski definition) is 4. The maximum atomic E-state index is 13.4. The fraction of sp³-hybridized carbons (Fsp3) is 0.120. The summed E-state index contributed by atoms with van der Waals surface area (Å²) in [5.74, 6) is -0.208. The van der Waals surface area contributed by atoms with Gasteiger partial charge in [-0.25, -0.2) is 9.67 Å². The van der Waals surface area contributed by atoms with Crippen LogP contribution < -0.4 is 5.32 Å². The highest BCUT2D eigenvalue weighted by Gasteiger charge is 2.19. The van der Waals surface area contributed by atoms with E-state index in [4.69, 9.17) is 4.98 Å². The Morgan fingerprint density at radius 1 is 0.969 bits per heavy atom. The Morgan fingerprint density at radius 3 is 2.53 bits per heavy atom. The molecule has 32 heavy (non-hydrogen) atoms. The summed E-state index contributed by atoms with van der Waals surface area (Å²) in [7, 11) is 1.84. The molecule has 1 N–H and O–H groups in total. The molecule has 0 saturated heterocycles. The van der Waals surface area contributed by atoms with Crippen LogP contribution in [-0.2, 0) is 7.05 Å². The molecular formula is C25H22N6O. The Labute approximate surface area is 185 Å². The zero-order chi connectivity index (χ0) is 22.2. The smallest absolute Gasteiger partial charge is 0.256 e. The lowest BCUT2D eigenvalue weighted by atomic mass is 10.0. The second-order valence-corrected chi connectivity index (χ2v) is 7.72. The number of hydrogen-bond donors (Lipinski definition) is 1. The number of fused-ring (bicyclic) bond motifs is 1. The van der Waals surface area contributed by atoms with Crippen LogP contribution in [0.25, 0.3) is 28.0 Å². The predicted molar refractivity (Wildman–Crippen MR) is 125 cm³/mol. The number of carbonyl (C=O) groups excluding carboxylic acids is 1. The molecule has 0 aliphatic heterocycles. The van der Waals surface area contributed by atoms with Crippen LogP contribution in [0, 0.1) is 13.8 Å². The third-order valence-corrected chi connectivity index (χ3v) is 5.46. The largest absolute Gasteiger partial charge is 0.322 e. The minimum absolute atomic E-state index is 0.208. The van der Waals surface area contributed by atoms with Crippen molar-refractivity contribution >= 4 is 22.6 Å². The van der Waals surface area contributed by atoms with Crippen molar-refractivity contribution in [2.45, 2.75) is 13.8 Å². The molecule has 0 aliphatic carbocycles. The molecular weight excluding hydrogens is 400 g/mol. The van der Waals surface area contributed by atoms with Gasteiger partial charge in [0.25, 0.3) is 5.91 Å². The third-order valence-electron chi connectivity index (χ3n) is 5.46. The first-order valence-corrected chi connectivity index (χ1v) is 10.3. The maximum Gasteiger partial charge on any atom is 0.256 e. The Balaban J connectivity index is 1.57. The number of pyridine rings is 1. The number of aryl methyl sites for hydroxylation is 3. The molecule has 3 aromatic heterocycles. The average Bonchev–Trinajstić information content (AvgIpc) is 3.36. The van der Waals surface area contributed by atoms with Crippen molar-refractivity contribution in [3.05, 3.63) is 89.9 Å². The summed E-state index contributed by atoms with van der Waals surface area (Å²) >= 11 is 0. The average molecular weight is 422 g/mol. The SMILES string of the molecule is Cc1nn(C)c2nc(-c3ccccc3)cc(C(=O)Nc3cccc(-n4nccc4C)c3)c12. The fourth-order valence-corrected chi connectivity index (χ4v) is 3.93. The molecule has 0 spiro atoms. The molecule has 158 valence electrons. The van der Waals surface area contributed by atoms with E-state index in [0.717, 1.165) is 33.7 Å². The van der Waals surface area contributed by atoms with Crippen molar-refractivity contribution in [2.24, 2.45) is 7.05 Å². The molecule has 5 rings (SSSR count). The maximum absolute atomic E-state index is 13.4. The zero-order valence-electron chi connectivity index (χ0n) is 18.1. The van der Waals surface area contributed by atoms with Gasteiger partial charge in [-0.2, -0.15) is 10.2 Å². The number of amides is 1. The molecule has 3 heterocycles. The molecule has 5 aromatic rings. The Hall–Kier alpha value is -4.26. The summed E-state index contributed by atoms with van der Waals surface area (Å²) in [5, 5.41) is 12.6. The van der Waals surface area contributed by atoms with Crippen molar-refractivity contribution < 1.29 is 4.79 Å². The first-order valence-electron chi connectivity index (χ1n) is 10.3. The summed E-state index contributed by atoms with van der Waals surface area (Å²) in [5.41, 5.74) is 6.24. The van der Waals surface area contributed by atoms with Gasteiger partial charge in [0.15, 0.2) is 5.65 Å². The van der Waals surface area contributed by atoms with Gasteiger partial charge in [0, 0.05) is 30.2 Å². The standard InChI is InChI=1S/C25H22N6O/c1-16-12-13-26-31(16)20-11-7-10-19(14-20)27-25(32)21-15-22(18-8-5-4-6-9-18)28-24-23(21)17(2)29-30(24)3/h4-15H,1-3H3,(H,27,32). The summed E-state index contributed by atoms with van der Waals surface area (Å²) < 4.78 is 3.55. The van der Waals surface area contributed by atoms with Crippen molar-refractivity contribution in [3.63, 3.8) is 0 Å². The van der Waals surface area contributed by atoms with E-state index in [1.165, 1.54) is 0 Å². The van der Waals surface area contributed by atoms with Crippen LogP contribution in [0.2, 0.25) is 0 Å². The quantitative estimate of drug-likeness (QED) is 0.456. The van der Waals surface area contributed by atoms with Crippen LogP contribution in [0.1, 0.15) is 21.7 Å². The number of benzene rings is 2. The Morgan fingerprint density at radius 2 is 1.78 bits per heavy atom. The van der Waals surface area contributed by atoms with Crippen LogP contribution in [0.4, 0.5) is 5.69 Å². The van der Waals surface area contributed by atoms with E-state index >= 15 is 0 Å². The first kappa shape index (κ1) is 19.7. The molecule has 0 radical (unpaired) electrons. The normalized spacial score (nSPS) is 11.1. The highest BCUT2D eigenvalue weighted by molar-refractivity contribution is 6.13. The highest BCUT2D eigenvalue weighted by Crippen LogP contribution is 2.27. The van der Waals surface area contributed by atoms with Crippen LogP contribution in [0.15, 0.2) is 72.9 Å². The highest BCUT2D eigenvalue weighted by atomic mass is 16.1. The van der Waals surface area contributed by atoms with Crippen molar-refractivity contribution in [3.8, 4) is 16.9 Å². The van der Waals surface area contributed by atoms with Gasteiger partial charge < -0.3 is 5.32 Å². The van der Waals surface area contributed by atoms with Gasteiger partial charge in [-0.15, -0.1) is 0 Å². The molecule has 0 bridgehead atoms. The second kappa shape index (κ2) is 7.77. The zero-order valence-corrected chi connectivity index (χ0v) is 18.1. The van der Waals surface area contributed by atoms with Gasteiger partial charge >= 0.3 is 0 Å². The molecule has 1 amide bonds. The Kier molecular flexibility index (Phi) is 4.78. The number of carbonyl (C=O) groups is 1. The molecule has 0 saturated carbocycles. The van der Waals surface area contributed by atoms with E-state index in [9.17, 15) is 4.79 Å². The van der Waals surface area contributed by atoms with E-state index in [1.54, 1.807) is 10.9 Å². The lowest BCUT2D eigenvalue weighted by Gasteiger charge is -2.11. The van der Waals surface area contributed by atoms with Crippen LogP contribution in [-0.4, -0.2) is 30.5 Å². The second-order valence-electron chi connectivity index (χ2n) is 7.72. The van der Waals surface area contributed by atoms with Crippen molar-refractivity contribution in [1.82, 2.24) is 24.5 Å². The monoisotopic (exact) mass is 422 g/mol. The van der Waals surface area contributed by atoms with Gasteiger partial charge in [0.2, 0.25) is 0 Å². The summed E-state index contributed by atoms with van der Waals surface area (Å²) in [6.45, 7) is 3.88. The van der Waals surface area contributed by atoms with E-state index < -0.39 is 0 Å². The molecule has 7 heteroatoms. The number of anilines is 1. The summed E-state index contributed by atoms with van der Waals surface area (Å²) in [6, 6.07) is 21.2. The molecule has 0 fully saturated rings. The van der Waals surface area contributed by atoms with Gasteiger partial charge in [0.05, 0.1) is 28.0 Å². The molecule has 0 aliphatic rings. The molecule has 0 unspecified atom stereocenters. The van der Waals surface area contributed by atoms with E-state index in [1.807, 2.05) is 92.3 Å². The lowest BCUT2D eigenvalue weighted by molar-refractivity contribution is 0.102. The van der Waals surface area contributed by atoms with Gasteiger partial charge in [0.1, 0.15) is 0 Å². The number of nitrogens with zero attached hydrogens (tertiary/aromatic N) is 5. The molecule has 0 atom stereocenters. The van der Waals surface area contributed by atoms with Gasteiger partial charge in [-0.1, -0.05) is 36.4 Å². The van der Waals surface area contributed by atoms with E-state index in [2.05, 4.69) is 15.5 Å². The first-order chi connectivity index (χ1) is 15.5. The number of rotatable bonds is 4. The molecule has 7 nitrogen and oxygen atoms in total. The van der Waals surface area contributed by atoms with Crippen molar-refractivity contribution in [2.75, 3.05) is 5.32 Å². The minimum Gasteiger partial charge on any atom is -0.322 e. The number of nitrogens with one attached hydrogen (secondary N) is 1. The van der Waals surface area contributed by atoms with Crippen LogP contribution >= 0.6 is 0 Å². The van der Waals surface area contributed by atoms with Crippen LogP contribution in [0.5, 0.6) is 0 Å². The topological polar surface area (TPSA) is 77.6 Å². The lowest BCUT2D eigenvalue weighted by Crippen LogP contribution is -2.14. The third kappa shape index (κ3) is 3.43. The Bertz CT molecular complexity index is 1450.